The maximum atomic E-state index is 6.06. The van der Waals surface area contributed by atoms with Crippen LogP contribution >= 0.6 is 23.2 Å². The zero-order valence-corrected chi connectivity index (χ0v) is 12.6. The smallest absolute Gasteiger partial charge is 0.145 e. The molecule has 2 aromatic rings. The van der Waals surface area contributed by atoms with Crippen LogP contribution in [0.15, 0.2) is 30.5 Å². The molecule has 1 aromatic heterocycles. The van der Waals surface area contributed by atoms with E-state index in [1.807, 2.05) is 18.2 Å². The van der Waals surface area contributed by atoms with Gasteiger partial charge in [0.2, 0.25) is 0 Å². The van der Waals surface area contributed by atoms with Crippen LogP contribution in [0.2, 0.25) is 10.0 Å². The van der Waals surface area contributed by atoms with Crippen LogP contribution in [0.25, 0.3) is 0 Å². The van der Waals surface area contributed by atoms with Crippen molar-refractivity contribution >= 4 is 29.0 Å². The number of hydrogen-bond donors (Lipinski definition) is 1. The van der Waals surface area contributed by atoms with E-state index in [0.29, 0.717) is 22.4 Å². The predicted molar refractivity (Wildman–Crippen MR) is 81.1 cm³/mol. The first-order valence-electron chi connectivity index (χ1n) is 5.90. The Hall–Kier alpha value is -1.65. The number of pyridine rings is 1. The molecule has 0 bridgehead atoms. The third-order valence-electron chi connectivity index (χ3n) is 2.75. The van der Waals surface area contributed by atoms with Gasteiger partial charge in [0.1, 0.15) is 17.3 Å². The monoisotopic (exact) mass is 312 g/mol. The molecule has 0 radical (unpaired) electrons. The van der Waals surface area contributed by atoms with Crippen LogP contribution in [0.5, 0.6) is 11.5 Å². The number of methoxy groups -OCH3 is 2. The Kier molecular flexibility index (Phi) is 4.93. The molecule has 0 aliphatic carbocycles. The van der Waals surface area contributed by atoms with Gasteiger partial charge in [0, 0.05) is 24.4 Å². The summed E-state index contributed by atoms with van der Waals surface area (Å²) in [6.07, 6.45) is 1.54. The Labute approximate surface area is 127 Å². The molecule has 0 saturated heterocycles. The molecular weight excluding hydrogens is 299 g/mol. The maximum Gasteiger partial charge on any atom is 0.145 e. The summed E-state index contributed by atoms with van der Waals surface area (Å²) >= 11 is 11.9. The largest absolute Gasteiger partial charge is 0.497 e. The highest BCUT2D eigenvalue weighted by molar-refractivity contribution is 6.35. The lowest BCUT2D eigenvalue weighted by Crippen LogP contribution is -2.04. The second-order valence-corrected chi connectivity index (χ2v) is 4.86. The van der Waals surface area contributed by atoms with E-state index in [-0.39, 0.29) is 0 Å². The first-order valence-corrected chi connectivity index (χ1v) is 6.65. The van der Waals surface area contributed by atoms with Crippen LogP contribution in [-0.4, -0.2) is 19.2 Å². The summed E-state index contributed by atoms with van der Waals surface area (Å²) in [5.41, 5.74) is 0.973. The van der Waals surface area contributed by atoms with Gasteiger partial charge in [0.05, 0.1) is 24.3 Å². The van der Waals surface area contributed by atoms with Crippen LogP contribution in [-0.2, 0) is 6.54 Å². The number of halogens is 2. The van der Waals surface area contributed by atoms with E-state index in [0.717, 1.165) is 17.1 Å². The fourth-order valence-corrected chi connectivity index (χ4v) is 2.17. The maximum absolute atomic E-state index is 6.06. The third-order valence-corrected chi connectivity index (χ3v) is 3.24. The molecule has 4 nitrogen and oxygen atoms in total. The minimum atomic E-state index is 0.477. The molecule has 0 unspecified atom stereocenters. The van der Waals surface area contributed by atoms with Gasteiger partial charge in [-0.3, -0.25) is 0 Å². The van der Waals surface area contributed by atoms with Gasteiger partial charge in [-0.15, -0.1) is 0 Å². The van der Waals surface area contributed by atoms with Crippen molar-refractivity contribution in [3.8, 4) is 11.5 Å². The van der Waals surface area contributed by atoms with Crippen LogP contribution in [0.4, 0.5) is 5.82 Å². The van der Waals surface area contributed by atoms with Crippen LogP contribution < -0.4 is 14.8 Å². The number of hydrogen-bond acceptors (Lipinski definition) is 4. The lowest BCUT2D eigenvalue weighted by atomic mass is 10.2. The van der Waals surface area contributed by atoms with Crippen molar-refractivity contribution in [3.05, 3.63) is 46.1 Å². The van der Waals surface area contributed by atoms with Crippen molar-refractivity contribution in [2.75, 3.05) is 19.5 Å². The van der Waals surface area contributed by atoms with Gasteiger partial charge < -0.3 is 14.8 Å². The fourth-order valence-electron chi connectivity index (χ4n) is 1.72. The third kappa shape index (κ3) is 3.46. The molecule has 106 valence electrons. The summed E-state index contributed by atoms with van der Waals surface area (Å²) in [5, 5.41) is 4.13. The highest BCUT2D eigenvalue weighted by Gasteiger charge is 2.07. The molecule has 1 N–H and O–H groups in total. The molecule has 20 heavy (non-hydrogen) atoms. The van der Waals surface area contributed by atoms with E-state index in [9.17, 15) is 0 Å². The molecule has 1 aromatic carbocycles. The minimum absolute atomic E-state index is 0.477. The van der Waals surface area contributed by atoms with Gasteiger partial charge >= 0.3 is 0 Å². The lowest BCUT2D eigenvalue weighted by Gasteiger charge is -2.12. The molecule has 0 amide bonds. The van der Waals surface area contributed by atoms with Crippen LogP contribution in [0.3, 0.4) is 0 Å². The quantitative estimate of drug-likeness (QED) is 0.905. The Morgan fingerprint density at radius 1 is 1.15 bits per heavy atom. The van der Waals surface area contributed by atoms with Crippen molar-refractivity contribution in [1.82, 2.24) is 4.98 Å². The van der Waals surface area contributed by atoms with Gasteiger partial charge in [-0.1, -0.05) is 23.2 Å². The first-order chi connectivity index (χ1) is 9.63. The molecule has 0 spiro atoms. The average molecular weight is 313 g/mol. The first kappa shape index (κ1) is 14.8. The minimum Gasteiger partial charge on any atom is -0.497 e. The van der Waals surface area contributed by atoms with Crippen molar-refractivity contribution in [2.45, 2.75) is 6.54 Å². The molecule has 0 atom stereocenters. The molecule has 0 aliphatic heterocycles. The summed E-state index contributed by atoms with van der Waals surface area (Å²) in [4.78, 5) is 4.14. The summed E-state index contributed by atoms with van der Waals surface area (Å²) in [5.74, 6) is 2.06. The SMILES string of the molecule is COc1ccc(CNc2ncc(Cl)cc2Cl)c(OC)c1. The molecule has 0 fully saturated rings. The van der Waals surface area contributed by atoms with Gasteiger partial charge in [-0.25, -0.2) is 4.98 Å². The summed E-state index contributed by atoms with van der Waals surface area (Å²) in [7, 11) is 3.23. The van der Waals surface area contributed by atoms with Gasteiger partial charge in [-0.05, 0) is 18.2 Å². The summed E-state index contributed by atoms with van der Waals surface area (Å²) < 4.78 is 10.5. The number of rotatable bonds is 5. The van der Waals surface area contributed by atoms with Gasteiger partial charge in [-0.2, -0.15) is 0 Å². The molecule has 6 heteroatoms. The number of benzene rings is 1. The van der Waals surface area contributed by atoms with Crippen LogP contribution in [0, 0.1) is 0 Å². The highest BCUT2D eigenvalue weighted by Crippen LogP contribution is 2.27. The number of nitrogens with zero attached hydrogens (tertiary/aromatic N) is 1. The number of nitrogens with one attached hydrogen (secondary N) is 1. The topological polar surface area (TPSA) is 43.4 Å². The Balaban J connectivity index is 2.14. The van der Waals surface area contributed by atoms with Gasteiger partial charge in [0.25, 0.3) is 0 Å². The van der Waals surface area contributed by atoms with E-state index >= 15 is 0 Å². The standard InChI is InChI=1S/C14H14Cl2N2O2/c1-19-11-4-3-9(13(6-11)20-2)7-17-14-12(16)5-10(15)8-18-14/h3-6,8H,7H2,1-2H3,(H,17,18). The average Bonchev–Trinajstić information content (AvgIpc) is 2.46. The zero-order valence-electron chi connectivity index (χ0n) is 11.1. The van der Waals surface area contributed by atoms with Crippen molar-refractivity contribution in [1.29, 1.82) is 0 Å². The fraction of sp³-hybridized carbons (Fsp3) is 0.214. The van der Waals surface area contributed by atoms with E-state index in [2.05, 4.69) is 10.3 Å². The van der Waals surface area contributed by atoms with E-state index in [4.69, 9.17) is 32.7 Å². The van der Waals surface area contributed by atoms with Crippen molar-refractivity contribution in [2.24, 2.45) is 0 Å². The predicted octanol–water partition coefficient (Wildman–Crippen LogP) is 4.02. The molecule has 1 heterocycles. The Morgan fingerprint density at radius 3 is 2.60 bits per heavy atom. The lowest BCUT2D eigenvalue weighted by molar-refractivity contribution is 0.391. The number of ether oxygens (including phenoxy) is 2. The summed E-state index contributed by atoms with van der Waals surface area (Å²) in [6, 6.07) is 7.27. The normalized spacial score (nSPS) is 10.2. The Morgan fingerprint density at radius 2 is 1.95 bits per heavy atom. The molecule has 0 saturated carbocycles. The molecule has 0 aliphatic rings. The number of aromatic nitrogens is 1. The van der Waals surface area contributed by atoms with E-state index in [1.165, 1.54) is 0 Å². The second-order valence-electron chi connectivity index (χ2n) is 4.02. The zero-order chi connectivity index (χ0) is 14.5. The van der Waals surface area contributed by atoms with E-state index in [1.54, 1.807) is 26.5 Å². The summed E-state index contributed by atoms with van der Waals surface area (Å²) in [6.45, 7) is 0.529. The van der Waals surface area contributed by atoms with Crippen molar-refractivity contribution in [3.63, 3.8) is 0 Å². The second kappa shape index (κ2) is 6.68. The van der Waals surface area contributed by atoms with Crippen molar-refractivity contribution < 1.29 is 9.47 Å². The molecule has 2 rings (SSSR count). The van der Waals surface area contributed by atoms with Crippen LogP contribution in [0.1, 0.15) is 5.56 Å². The molecular formula is C14H14Cl2N2O2. The highest BCUT2D eigenvalue weighted by atomic mass is 35.5. The van der Waals surface area contributed by atoms with E-state index < -0.39 is 0 Å². The Bertz CT molecular complexity index is 606. The van der Waals surface area contributed by atoms with Gasteiger partial charge in [0.15, 0.2) is 0 Å². The number of anilines is 1.